The zero-order valence-electron chi connectivity index (χ0n) is 70.6. The molecule has 0 fully saturated rings. The summed E-state index contributed by atoms with van der Waals surface area (Å²) in [4.78, 5) is 30.7. The number of para-hydroxylation sites is 2. The zero-order chi connectivity index (χ0) is 86.0. The van der Waals surface area contributed by atoms with Crippen LogP contribution in [0.2, 0.25) is 0 Å². The van der Waals surface area contributed by atoms with Gasteiger partial charge in [-0.2, -0.15) is 0 Å². The lowest BCUT2D eigenvalue weighted by Gasteiger charge is -2.22. The highest BCUT2D eigenvalue weighted by Gasteiger charge is 2.43. The van der Waals surface area contributed by atoms with Gasteiger partial charge in [0, 0.05) is 89.6 Å². The third-order valence-electron chi connectivity index (χ3n) is 25.7. The molecule has 0 radical (unpaired) electrons. The predicted molar refractivity (Wildman–Crippen MR) is 527 cm³/mol. The monoisotopic (exact) mass is 1660 g/mol. The Labute approximate surface area is 753 Å². The van der Waals surface area contributed by atoms with Crippen LogP contribution in [0.25, 0.3) is 192 Å². The third-order valence-corrected chi connectivity index (χ3v) is 25.7. The van der Waals surface area contributed by atoms with E-state index in [1.54, 1.807) is 0 Å². The van der Waals surface area contributed by atoms with Crippen molar-refractivity contribution in [1.29, 1.82) is 0 Å². The molecule has 0 spiro atoms. The first-order valence-corrected chi connectivity index (χ1v) is 44.2. The summed E-state index contributed by atoms with van der Waals surface area (Å²) in [7, 11) is 0. The first-order valence-electron chi connectivity index (χ1n) is 44.2. The van der Waals surface area contributed by atoms with Crippen LogP contribution in [-0.4, -0.2) is 39.0 Å². The molecule has 4 atom stereocenters. The summed E-state index contributed by atoms with van der Waals surface area (Å²) in [6.45, 7) is 0. The molecule has 4 aromatic heterocycles. The van der Waals surface area contributed by atoms with E-state index in [2.05, 4.69) is 422 Å². The van der Waals surface area contributed by atoms with Gasteiger partial charge in [0.2, 0.25) is 0 Å². The number of ether oxygens (including phenoxy) is 2. The predicted octanol–water partition coefficient (Wildman–Crippen LogP) is 29.8. The van der Waals surface area contributed by atoms with Crippen LogP contribution in [0, 0.1) is 0 Å². The van der Waals surface area contributed by atoms with Crippen molar-refractivity contribution in [3.8, 4) is 169 Å². The second-order valence-electron chi connectivity index (χ2n) is 33.5. The minimum atomic E-state index is -0.192. The first-order chi connectivity index (χ1) is 64.4. The Morgan fingerprint density at radius 2 is 0.423 bits per heavy atom. The largest absolute Gasteiger partial charge is 0.484 e. The fourth-order valence-electron chi connectivity index (χ4n) is 19.3. The summed E-state index contributed by atoms with van der Waals surface area (Å²) in [6, 6.07) is 153. The molecule has 0 saturated heterocycles. The molecular formula is C120H80N8O2. The second-order valence-corrected chi connectivity index (χ2v) is 33.5. The molecule has 10 heteroatoms. The second kappa shape index (κ2) is 32.8. The average Bonchev–Trinajstić information content (AvgIpc) is 1.56. The molecule has 0 amide bonds. The Morgan fingerprint density at radius 3 is 0.769 bits per heavy atom. The molecule has 4 aliphatic rings. The van der Waals surface area contributed by atoms with Gasteiger partial charge < -0.3 is 18.6 Å². The number of fused-ring (bicyclic) bond motifs is 14. The standard InChI is InChI=1S/C63H42N4O.C57H38N4O/c1-4-13-41(14-5-1)44-23-27-47(28-24-44)61-64-62(48-29-25-45(26-30-48)42-15-6-2-7-16-42)66-63(65-61)51-33-38-58-55(40-51)53-36-37-57-59(60(53)68-58)54-21-10-11-22-56(54)67(57)52-34-31-46(32-35-52)50-20-12-19-49(39-50)43-17-8-3-9-18-43;1-4-14-37(15-5-1)41-20-12-21-42(34-41)39-26-29-46(30-27-39)61-50-25-11-10-24-48(50)53-51(61)32-31-47-49-36-45(28-33-52(49)62-54(47)53)57-59-55(40-18-8-3-9-19-40)58-56(60-57)44-23-13-22-43(35-44)38-16-6-2-7-17-38/h1-40,53,60H;1-36,47,54H. The number of aromatic nitrogens is 8. The smallest absolute Gasteiger partial charge is 0.164 e. The number of hydrogen-bond donors (Lipinski definition) is 0. The molecule has 21 aromatic rings. The van der Waals surface area contributed by atoms with Crippen molar-refractivity contribution in [2.45, 2.75) is 24.0 Å². The minimum absolute atomic E-state index is 0.00723. The molecule has 2 aliphatic heterocycles. The van der Waals surface area contributed by atoms with E-state index in [9.17, 15) is 0 Å². The van der Waals surface area contributed by atoms with Crippen LogP contribution in [0.3, 0.4) is 0 Å². The normalized spacial score (nSPS) is 14.7. The van der Waals surface area contributed by atoms with Gasteiger partial charge in [0.25, 0.3) is 0 Å². The number of benzene rings is 17. The Balaban J connectivity index is 0.000000145. The molecule has 2 aliphatic carbocycles. The summed E-state index contributed by atoms with van der Waals surface area (Å²) in [5, 5.41) is 2.39. The highest BCUT2D eigenvalue weighted by atomic mass is 16.5. The van der Waals surface area contributed by atoms with Crippen molar-refractivity contribution in [3.05, 3.63) is 483 Å². The average molecular weight is 1670 g/mol. The van der Waals surface area contributed by atoms with Crippen molar-refractivity contribution in [2.24, 2.45) is 0 Å². The van der Waals surface area contributed by atoms with Crippen LogP contribution in [0.1, 0.15) is 57.7 Å². The van der Waals surface area contributed by atoms with E-state index in [1.165, 1.54) is 66.4 Å². The van der Waals surface area contributed by atoms with Crippen LogP contribution >= 0.6 is 0 Å². The highest BCUT2D eigenvalue weighted by molar-refractivity contribution is 5.94. The van der Waals surface area contributed by atoms with Crippen LogP contribution in [0.5, 0.6) is 11.5 Å². The molecule has 130 heavy (non-hydrogen) atoms. The lowest BCUT2D eigenvalue weighted by Crippen LogP contribution is -2.13. The minimum Gasteiger partial charge on any atom is -0.484 e. The van der Waals surface area contributed by atoms with E-state index < -0.39 is 0 Å². The van der Waals surface area contributed by atoms with Gasteiger partial charge in [-0.1, -0.05) is 358 Å². The van der Waals surface area contributed by atoms with E-state index in [-0.39, 0.29) is 24.0 Å². The SMILES string of the molecule is C1=CC2c3cc(-c4nc(-c5ccc(-c6ccccc6)cc5)nc(-c5ccc(-c6ccccc6)cc5)n4)ccc3OC2c2c1n(-c1ccc(-c3cccc(-c4ccccc4)c3)cc1)c1ccccc21.C1=CC2c3cc(-c4nc(-c5ccccc5)nc(-c5cccc(-c6ccccc6)c5)n4)ccc3OC2c2c1n(-c1ccc(-c3cccc(-c4ccccc4)c3)cc1)c1ccccc21. The first kappa shape index (κ1) is 76.6. The third kappa shape index (κ3) is 14.2. The van der Waals surface area contributed by atoms with Crippen molar-refractivity contribution in [3.63, 3.8) is 0 Å². The molecular weight excluding hydrogens is 1590 g/mol. The fraction of sp³-hybridized carbons (Fsp3) is 0.0333. The molecule has 0 saturated carbocycles. The van der Waals surface area contributed by atoms with Gasteiger partial charge in [0.05, 0.1) is 22.4 Å². The molecule has 17 aromatic carbocycles. The topological polar surface area (TPSA) is 106 Å². The van der Waals surface area contributed by atoms with Gasteiger partial charge in [-0.05, 0) is 181 Å². The molecule has 6 heterocycles. The molecule has 0 bridgehead atoms. The van der Waals surface area contributed by atoms with E-state index in [4.69, 9.17) is 39.4 Å². The summed E-state index contributed by atoms with van der Waals surface area (Å²) in [5.74, 6) is 5.53. The van der Waals surface area contributed by atoms with Gasteiger partial charge in [0.15, 0.2) is 34.9 Å². The maximum Gasteiger partial charge on any atom is 0.164 e. The Kier molecular flexibility index (Phi) is 19.3. The Bertz CT molecular complexity index is 7840. The summed E-state index contributed by atoms with van der Waals surface area (Å²) in [5.41, 5.74) is 33.5. The highest BCUT2D eigenvalue weighted by Crippen LogP contribution is 2.56. The van der Waals surface area contributed by atoms with Gasteiger partial charge in [0.1, 0.15) is 23.7 Å². The zero-order valence-corrected chi connectivity index (χ0v) is 70.6. The van der Waals surface area contributed by atoms with E-state index in [0.717, 1.165) is 123 Å². The van der Waals surface area contributed by atoms with Gasteiger partial charge in [-0.25, -0.2) is 29.9 Å². The Hall–Kier alpha value is -17.1. The molecule has 612 valence electrons. The fourth-order valence-corrected chi connectivity index (χ4v) is 19.3. The lowest BCUT2D eigenvalue weighted by molar-refractivity contribution is 0.224. The van der Waals surface area contributed by atoms with Gasteiger partial charge >= 0.3 is 0 Å². The molecule has 4 unspecified atom stereocenters. The van der Waals surface area contributed by atoms with Crippen molar-refractivity contribution < 1.29 is 9.47 Å². The molecule has 10 nitrogen and oxygen atoms in total. The summed E-state index contributed by atoms with van der Waals surface area (Å²) < 4.78 is 18.7. The van der Waals surface area contributed by atoms with Crippen molar-refractivity contribution >= 4 is 34.0 Å². The van der Waals surface area contributed by atoms with Crippen LogP contribution in [0.15, 0.2) is 449 Å². The van der Waals surface area contributed by atoms with E-state index in [1.807, 2.05) is 48.5 Å². The number of hydrogen-bond acceptors (Lipinski definition) is 8. The van der Waals surface area contributed by atoms with Crippen LogP contribution < -0.4 is 9.47 Å². The maximum absolute atomic E-state index is 6.97. The van der Waals surface area contributed by atoms with Crippen molar-refractivity contribution in [2.75, 3.05) is 0 Å². The number of rotatable bonds is 15. The quantitative estimate of drug-likeness (QED) is 0.0999. The number of nitrogens with zero attached hydrogens (tertiary/aromatic N) is 8. The van der Waals surface area contributed by atoms with Gasteiger partial charge in [-0.15, -0.1) is 0 Å². The molecule has 25 rings (SSSR count). The lowest BCUT2D eigenvalue weighted by atomic mass is 9.85. The van der Waals surface area contributed by atoms with Gasteiger partial charge in [-0.3, -0.25) is 0 Å². The van der Waals surface area contributed by atoms with Crippen molar-refractivity contribution in [1.82, 2.24) is 39.0 Å². The van der Waals surface area contributed by atoms with E-state index >= 15 is 0 Å². The van der Waals surface area contributed by atoms with E-state index in [0.29, 0.717) is 34.9 Å². The summed E-state index contributed by atoms with van der Waals surface area (Å²) >= 11 is 0. The summed E-state index contributed by atoms with van der Waals surface area (Å²) in [6.07, 6.45) is 8.82. The molecule has 0 N–H and O–H groups in total. The maximum atomic E-state index is 6.97. The van der Waals surface area contributed by atoms with Crippen LogP contribution in [-0.2, 0) is 0 Å². The Morgan fingerprint density at radius 1 is 0.192 bits per heavy atom. The van der Waals surface area contributed by atoms with Crippen LogP contribution in [0.4, 0.5) is 0 Å².